The van der Waals surface area contributed by atoms with Crippen LogP contribution in [0, 0.1) is 17.2 Å². The Labute approximate surface area is 103 Å². The molecule has 0 radical (unpaired) electrons. The standard InChI is InChI=1S/C14H18N2O/c1-16(11-13-6-8-17-9-7-13)14-4-2-12(10-15)3-5-14/h2-5,13H,6-9,11H2,1H3. The van der Waals surface area contributed by atoms with Crippen LogP contribution < -0.4 is 4.90 Å². The van der Waals surface area contributed by atoms with Crippen LogP contribution in [0.25, 0.3) is 0 Å². The summed E-state index contributed by atoms with van der Waals surface area (Å²) in [4.78, 5) is 2.26. The lowest BCUT2D eigenvalue weighted by atomic mass is 9.99. The van der Waals surface area contributed by atoms with Crippen molar-refractivity contribution in [1.82, 2.24) is 0 Å². The van der Waals surface area contributed by atoms with Crippen molar-refractivity contribution in [3.05, 3.63) is 29.8 Å². The summed E-state index contributed by atoms with van der Waals surface area (Å²) in [6, 6.07) is 9.90. The minimum Gasteiger partial charge on any atom is -0.381 e. The first-order valence-corrected chi connectivity index (χ1v) is 6.08. The first-order valence-electron chi connectivity index (χ1n) is 6.08. The fourth-order valence-electron chi connectivity index (χ4n) is 2.21. The van der Waals surface area contributed by atoms with Gasteiger partial charge < -0.3 is 9.64 Å². The van der Waals surface area contributed by atoms with E-state index in [2.05, 4.69) is 18.0 Å². The van der Waals surface area contributed by atoms with Gasteiger partial charge >= 0.3 is 0 Å². The molecule has 3 heteroatoms. The van der Waals surface area contributed by atoms with Crippen molar-refractivity contribution in [3.63, 3.8) is 0 Å². The molecule has 17 heavy (non-hydrogen) atoms. The molecule has 1 heterocycles. The number of hydrogen-bond acceptors (Lipinski definition) is 3. The Kier molecular flexibility index (Phi) is 4.00. The van der Waals surface area contributed by atoms with Crippen LogP contribution in [-0.4, -0.2) is 26.8 Å². The number of ether oxygens (including phenoxy) is 1. The van der Waals surface area contributed by atoms with E-state index in [-0.39, 0.29) is 0 Å². The minimum atomic E-state index is 0.716. The van der Waals surface area contributed by atoms with E-state index < -0.39 is 0 Å². The van der Waals surface area contributed by atoms with Gasteiger partial charge in [-0.1, -0.05) is 0 Å². The average Bonchev–Trinajstić information content (AvgIpc) is 2.40. The van der Waals surface area contributed by atoms with Crippen LogP contribution in [0.1, 0.15) is 18.4 Å². The molecule has 0 spiro atoms. The highest BCUT2D eigenvalue weighted by Gasteiger charge is 2.15. The van der Waals surface area contributed by atoms with E-state index in [4.69, 9.17) is 10.00 Å². The van der Waals surface area contributed by atoms with E-state index in [1.165, 1.54) is 5.69 Å². The highest BCUT2D eigenvalue weighted by molar-refractivity contribution is 5.49. The third kappa shape index (κ3) is 3.21. The summed E-state index contributed by atoms with van der Waals surface area (Å²) in [5, 5.41) is 8.75. The zero-order chi connectivity index (χ0) is 12.1. The van der Waals surface area contributed by atoms with Gasteiger partial charge in [-0.05, 0) is 43.0 Å². The van der Waals surface area contributed by atoms with Crippen LogP contribution in [0.2, 0.25) is 0 Å². The first kappa shape index (κ1) is 11.9. The van der Waals surface area contributed by atoms with Crippen molar-refractivity contribution in [2.75, 3.05) is 31.7 Å². The molecule has 3 nitrogen and oxygen atoms in total. The summed E-state index contributed by atoms with van der Waals surface area (Å²) < 4.78 is 5.36. The quantitative estimate of drug-likeness (QED) is 0.800. The van der Waals surface area contributed by atoms with Crippen molar-refractivity contribution >= 4 is 5.69 Å². The van der Waals surface area contributed by atoms with Crippen LogP contribution in [0.4, 0.5) is 5.69 Å². The molecule has 0 unspecified atom stereocenters. The van der Waals surface area contributed by atoms with Gasteiger partial charge in [-0.3, -0.25) is 0 Å². The first-order chi connectivity index (χ1) is 8.29. The van der Waals surface area contributed by atoms with Gasteiger partial charge in [-0.15, -0.1) is 0 Å². The van der Waals surface area contributed by atoms with Gasteiger partial charge in [0.2, 0.25) is 0 Å². The van der Waals surface area contributed by atoms with Crippen LogP contribution in [0.5, 0.6) is 0 Å². The van der Waals surface area contributed by atoms with Gasteiger partial charge in [0.25, 0.3) is 0 Å². The van der Waals surface area contributed by atoms with E-state index in [0.717, 1.165) is 38.5 Å². The Morgan fingerprint density at radius 2 is 1.94 bits per heavy atom. The zero-order valence-corrected chi connectivity index (χ0v) is 10.2. The molecule has 1 saturated heterocycles. The topological polar surface area (TPSA) is 36.3 Å². The number of nitrogens with zero attached hydrogens (tertiary/aromatic N) is 2. The molecule has 1 fully saturated rings. The molecule has 1 aliphatic heterocycles. The minimum absolute atomic E-state index is 0.716. The Morgan fingerprint density at radius 1 is 1.29 bits per heavy atom. The monoisotopic (exact) mass is 230 g/mol. The maximum atomic E-state index is 8.75. The molecule has 0 aromatic heterocycles. The second-order valence-corrected chi connectivity index (χ2v) is 4.59. The van der Waals surface area contributed by atoms with Gasteiger partial charge in [0.1, 0.15) is 0 Å². The Hall–Kier alpha value is -1.53. The van der Waals surface area contributed by atoms with E-state index in [0.29, 0.717) is 5.56 Å². The predicted octanol–water partition coefficient (Wildman–Crippen LogP) is 2.42. The third-order valence-corrected chi connectivity index (χ3v) is 3.31. The molecule has 0 bridgehead atoms. The number of nitriles is 1. The molecule has 1 aliphatic rings. The fraction of sp³-hybridized carbons (Fsp3) is 0.500. The molecular formula is C14H18N2O. The molecule has 0 N–H and O–H groups in total. The molecule has 90 valence electrons. The van der Waals surface area contributed by atoms with Crippen LogP contribution in [0.3, 0.4) is 0 Å². The summed E-state index contributed by atoms with van der Waals surface area (Å²) in [7, 11) is 2.11. The van der Waals surface area contributed by atoms with Crippen molar-refractivity contribution in [2.45, 2.75) is 12.8 Å². The van der Waals surface area contributed by atoms with E-state index in [9.17, 15) is 0 Å². The number of benzene rings is 1. The summed E-state index contributed by atoms with van der Waals surface area (Å²) in [6.45, 7) is 2.85. The van der Waals surface area contributed by atoms with Crippen LogP contribution >= 0.6 is 0 Å². The molecule has 0 saturated carbocycles. The maximum absolute atomic E-state index is 8.75. The van der Waals surface area contributed by atoms with Crippen LogP contribution in [0.15, 0.2) is 24.3 Å². The van der Waals surface area contributed by atoms with Crippen molar-refractivity contribution in [2.24, 2.45) is 5.92 Å². The number of rotatable bonds is 3. The maximum Gasteiger partial charge on any atom is 0.0991 e. The molecule has 2 rings (SSSR count). The number of anilines is 1. The zero-order valence-electron chi connectivity index (χ0n) is 10.2. The molecule has 1 aromatic rings. The highest BCUT2D eigenvalue weighted by Crippen LogP contribution is 2.20. The molecule has 1 aromatic carbocycles. The predicted molar refractivity (Wildman–Crippen MR) is 68.0 cm³/mol. The van der Waals surface area contributed by atoms with E-state index >= 15 is 0 Å². The van der Waals surface area contributed by atoms with Gasteiger partial charge in [0.05, 0.1) is 11.6 Å². The Balaban J connectivity index is 1.94. The summed E-state index contributed by atoms with van der Waals surface area (Å²) in [5.74, 6) is 0.726. The van der Waals surface area contributed by atoms with E-state index in [1.807, 2.05) is 24.3 Å². The van der Waals surface area contributed by atoms with Gasteiger partial charge in [-0.2, -0.15) is 5.26 Å². The molecule has 0 amide bonds. The second kappa shape index (κ2) is 5.70. The molecule has 0 atom stereocenters. The molecule has 0 aliphatic carbocycles. The normalized spacial score (nSPS) is 16.5. The van der Waals surface area contributed by atoms with Gasteiger partial charge in [-0.25, -0.2) is 0 Å². The summed E-state index contributed by atoms with van der Waals surface area (Å²) in [5.41, 5.74) is 1.89. The Morgan fingerprint density at radius 3 is 2.53 bits per heavy atom. The summed E-state index contributed by atoms with van der Waals surface area (Å²) in [6.07, 6.45) is 2.31. The van der Waals surface area contributed by atoms with E-state index in [1.54, 1.807) is 0 Å². The average molecular weight is 230 g/mol. The van der Waals surface area contributed by atoms with Crippen molar-refractivity contribution in [1.29, 1.82) is 5.26 Å². The Bertz CT molecular complexity index is 388. The second-order valence-electron chi connectivity index (χ2n) is 4.59. The molecular weight excluding hydrogens is 212 g/mol. The number of hydrogen-bond donors (Lipinski definition) is 0. The smallest absolute Gasteiger partial charge is 0.0991 e. The van der Waals surface area contributed by atoms with Crippen LogP contribution in [-0.2, 0) is 4.74 Å². The largest absolute Gasteiger partial charge is 0.381 e. The SMILES string of the molecule is CN(CC1CCOCC1)c1ccc(C#N)cc1. The third-order valence-electron chi connectivity index (χ3n) is 3.31. The lowest BCUT2D eigenvalue weighted by molar-refractivity contribution is 0.0685. The van der Waals surface area contributed by atoms with Crippen molar-refractivity contribution < 1.29 is 4.74 Å². The van der Waals surface area contributed by atoms with Gasteiger partial charge in [0, 0.05) is 32.5 Å². The summed E-state index contributed by atoms with van der Waals surface area (Å²) >= 11 is 0. The lowest BCUT2D eigenvalue weighted by Gasteiger charge is -2.28. The fourth-order valence-corrected chi connectivity index (χ4v) is 2.21. The van der Waals surface area contributed by atoms with Gasteiger partial charge in [0.15, 0.2) is 0 Å². The lowest BCUT2D eigenvalue weighted by Crippen LogP contribution is -2.29. The highest BCUT2D eigenvalue weighted by atomic mass is 16.5. The van der Waals surface area contributed by atoms with Crippen molar-refractivity contribution in [3.8, 4) is 6.07 Å².